The van der Waals surface area contributed by atoms with Crippen molar-refractivity contribution in [2.45, 2.75) is 72.6 Å². The molecule has 0 aromatic rings. The minimum absolute atomic E-state index is 0.350. The number of fused-ring (bicyclic) bond motifs is 5. The van der Waals surface area contributed by atoms with Gasteiger partial charge in [-0.25, -0.2) is 0 Å². The van der Waals surface area contributed by atoms with E-state index in [1.54, 1.807) is 16.7 Å². The maximum atomic E-state index is 4.94. The highest BCUT2D eigenvalue weighted by atomic mass is 32.1. The van der Waals surface area contributed by atoms with Crippen LogP contribution in [0.5, 0.6) is 0 Å². The van der Waals surface area contributed by atoms with E-state index < -0.39 is 0 Å². The average molecular weight is 357 g/mol. The van der Waals surface area contributed by atoms with Gasteiger partial charge in [0.15, 0.2) is 0 Å². The van der Waals surface area contributed by atoms with Gasteiger partial charge >= 0.3 is 0 Å². The Bertz CT molecular complexity index is 653. The average Bonchev–Trinajstić information content (AvgIpc) is 2.94. The summed E-state index contributed by atoms with van der Waals surface area (Å²) in [6.45, 7) is 14.3. The van der Waals surface area contributed by atoms with Gasteiger partial charge in [0, 0.05) is 0 Å². The molecule has 0 aromatic heterocycles. The molecule has 0 aliphatic heterocycles. The fourth-order valence-corrected chi connectivity index (χ4v) is 8.08. The first-order valence-corrected chi connectivity index (χ1v) is 11.2. The molecule has 0 spiro atoms. The van der Waals surface area contributed by atoms with Gasteiger partial charge in [0.2, 0.25) is 0 Å². The van der Waals surface area contributed by atoms with Crippen LogP contribution in [0, 0.1) is 34.5 Å². The van der Waals surface area contributed by atoms with Gasteiger partial charge in [0.05, 0.1) is 0 Å². The molecule has 0 aromatic carbocycles. The zero-order chi connectivity index (χ0) is 18.0. The molecular formula is C24H36S. The molecule has 1 heteroatoms. The predicted molar refractivity (Wildman–Crippen MR) is 112 cm³/mol. The zero-order valence-electron chi connectivity index (χ0n) is 16.7. The van der Waals surface area contributed by atoms with E-state index in [-0.39, 0.29) is 0 Å². The van der Waals surface area contributed by atoms with Crippen molar-refractivity contribution in [1.29, 1.82) is 0 Å². The fourth-order valence-electron chi connectivity index (χ4n) is 7.75. The Morgan fingerprint density at radius 3 is 2.68 bits per heavy atom. The van der Waals surface area contributed by atoms with Gasteiger partial charge in [-0.3, -0.25) is 0 Å². The van der Waals surface area contributed by atoms with Crippen LogP contribution in [0.15, 0.2) is 34.9 Å². The van der Waals surface area contributed by atoms with Crippen LogP contribution in [0.2, 0.25) is 0 Å². The minimum Gasteiger partial charge on any atom is -0.179 e. The number of hydrogen-bond donors (Lipinski definition) is 1. The zero-order valence-corrected chi connectivity index (χ0v) is 17.6. The van der Waals surface area contributed by atoms with Crippen molar-refractivity contribution in [1.82, 2.24) is 0 Å². The van der Waals surface area contributed by atoms with Gasteiger partial charge in [0.1, 0.15) is 0 Å². The van der Waals surface area contributed by atoms with Crippen molar-refractivity contribution >= 4 is 12.6 Å². The monoisotopic (exact) mass is 356 g/mol. The number of rotatable bonds is 2. The molecule has 6 atom stereocenters. The first kappa shape index (κ1) is 18.0. The highest BCUT2D eigenvalue weighted by Gasteiger charge is 2.61. The molecular weight excluding hydrogens is 320 g/mol. The third-order valence-corrected chi connectivity index (χ3v) is 9.77. The van der Waals surface area contributed by atoms with Crippen LogP contribution in [-0.2, 0) is 0 Å². The normalized spacial score (nSPS) is 46.4. The van der Waals surface area contributed by atoms with Gasteiger partial charge in [-0.2, -0.15) is 12.6 Å². The van der Waals surface area contributed by atoms with Crippen molar-refractivity contribution in [3.05, 3.63) is 34.9 Å². The second kappa shape index (κ2) is 6.04. The molecule has 0 heterocycles. The highest BCUT2D eigenvalue weighted by molar-refractivity contribution is 7.80. The van der Waals surface area contributed by atoms with Crippen LogP contribution < -0.4 is 0 Å². The molecule has 0 radical (unpaired) electrons. The van der Waals surface area contributed by atoms with Crippen molar-refractivity contribution in [2.24, 2.45) is 34.5 Å². The highest BCUT2D eigenvalue weighted by Crippen LogP contribution is 2.69. The molecule has 3 saturated carbocycles. The summed E-state index contributed by atoms with van der Waals surface area (Å²) in [5, 5.41) is 0. The summed E-state index contributed by atoms with van der Waals surface area (Å²) in [5.41, 5.74) is 7.28. The largest absolute Gasteiger partial charge is 0.179 e. The Morgan fingerprint density at radius 1 is 1.24 bits per heavy atom. The maximum Gasteiger partial charge on any atom is -0.00405 e. The predicted octanol–water partition coefficient (Wildman–Crippen LogP) is 7.00. The standard InChI is InChI=1S/C24H36S/c1-6-24-13-23(5,14-25)22-19-9-7-15(2)17(4)18(19)10-11-20(22)21(24)12-8-16(24)3/h7,19-22,25H,3,6,8-14H2,1-2,4-5H3. The van der Waals surface area contributed by atoms with Crippen molar-refractivity contribution in [3.63, 3.8) is 0 Å². The molecule has 0 amide bonds. The number of thiol groups is 1. The minimum atomic E-state index is 0.350. The van der Waals surface area contributed by atoms with Crippen molar-refractivity contribution < 1.29 is 0 Å². The van der Waals surface area contributed by atoms with Crippen LogP contribution in [0.3, 0.4) is 0 Å². The Labute approximate surface area is 160 Å². The fraction of sp³-hybridized carbons (Fsp3) is 0.750. The summed E-state index contributed by atoms with van der Waals surface area (Å²) < 4.78 is 0. The van der Waals surface area contributed by atoms with E-state index in [2.05, 4.69) is 40.3 Å². The van der Waals surface area contributed by atoms with Gasteiger partial charge < -0.3 is 0 Å². The summed E-state index contributed by atoms with van der Waals surface area (Å²) in [4.78, 5) is 0. The molecule has 0 saturated heterocycles. The molecule has 4 aliphatic carbocycles. The molecule has 25 heavy (non-hydrogen) atoms. The second-order valence-electron chi connectivity index (χ2n) is 9.86. The molecule has 4 rings (SSSR count). The number of hydrogen-bond acceptors (Lipinski definition) is 1. The molecule has 0 nitrogen and oxygen atoms in total. The Hall–Kier alpha value is -0.430. The lowest BCUT2D eigenvalue weighted by atomic mass is 9.43. The van der Waals surface area contributed by atoms with Crippen molar-refractivity contribution in [2.75, 3.05) is 5.75 Å². The first-order valence-electron chi connectivity index (χ1n) is 10.5. The smallest absolute Gasteiger partial charge is 0.00405 e. The lowest BCUT2D eigenvalue weighted by Crippen LogP contribution is -2.55. The van der Waals surface area contributed by atoms with E-state index in [0.29, 0.717) is 10.8 Å². The van der Waals surface area contributed by atoms with Crippen LogP contribution >= 0.6 is 12.6 Å². The van der Waals surface area contributed by atoms with Gasteiger partial charge in [-0.1, -0.05) is 43.2 Å². The van der Waals surface area contributed by atoms with E-state index in [0.717, 1.165) is 29.4 Å². The van der Waals surface area contributed by atoms with Gasteiger partial charge in [-0.05, 0) is 105 Å². The summed E-state index contributed by atoms with van der Waals surface area (Å²) in [6, 6.07) is 0. The molecule has 4 aliphatic rings. The topological polar surface area (TPSA) is 0 Å². The van der Waals surface area contributed by atoms with Crippen molar-refractivity contribution in [3.8, 4) is 0 Å². The van der Waals surface area contributed by atoms with Crippen LogP contribution in [-0.4, -0.2) is 5.75 Å². The van der Waals surface area contributed by atoms with E-state index in [4.69, 9.17) is 12.6 Å². The van der Waals surface area contributed by atoms with Crippen LogP contribution in [0.1, 0.15) is 72.6 Å². The summed E-state index contributed by atoms with van der Waals surface area (Å²) in [5.74, 6) is 4.41. The molecule has 0 N–H and O–H groups in total. The Morgan fingerprint density at radius 2 is 2.00 bits per heavy atom. The second-order valence-corrected chi connectivity index (χ2v) is 10.2. The number of allylic oxidation sites excluding steroid dienone is 5. The maximum absolute atomic E-state index is 4.94. The third kappa shape index (κ3) is 2.33. The summed E-state index contributed by atoms with van der Waals surface area (Å²) in [6.07, 6.45) is 11.8. The molecule has 3 fully saturated rings. The Kier molecular flexibility index (Phi) is 4.34. The first-order chi connectivity index (χ1) is 11.9. The molecule has 6 unspecified atom stereocenters. The SMILES string of the molecule is C=C1CCC2C3CCC4=C(C)C(C)=CCC4C3C(C)(CS)CC12CC. The quantitative estimate of drug-likeness (QED) is 0.400. The molecule has 0 bridgehead atoms. The van der Waals surface area contributed by atoms with Crippen LogP contribution in [0.25, 0.3) is 0 Å². The van der Waals surface area contributed by atoms with Gasteiger partial charge in [0.25, 0.3) is 0 Å². The van der Waals surface area contributed by atoms with E-state index in [9.17, 15) is 0 Å². The van der Waals surface area contributed by atoms with Gasteiger partial charge in [-0.15, -0.1) is 0 Å². The van der Waals surface area contributed by atoms with E-state index >= 15 is 0 Å². The van der Waals surface area contributed by atoms with Crippen LogP contribution in [0.4, 0.5) is 0 Å². The summed E-state index contributed by atoms with van der Waals surface area (Å²) in [7, 11) is 0. The van der Waals surface area contributed by atoms with E-state index in [1.807, 2.05) is 0 Å². The lowest BCUT2D eigenvalue weighted by molar-refractivity contribution is -0.0795. The Balaban J connectivity index is 1.80. The lowest BCUT2D eigenvalue weighted by Gasteiger charge is -2.61. The summed E-state index contributed by atoms with van der Waals surface area (Å²) >= 11 is 4.94. The van der Waals surface area contributed by atoms with E-state index in [1.165, 1.54) is 50.5 Å². The third-order valence-electron chi connectivity index (χ3n) is 9.04. The molecule has 138 valence electrons.